The number of benzene rings is 2. The molecular weight excluding hydrogens is 460 g/mol. The number of rotatable bonds is 10. The van der Waals surface area contributed by atoms with Gasteiger partial charge in [-0.15, -0.1) is 0 Å². The van der Waals surface area contributed by atoms with Gasteiger partial charge in [0.05, 0.1) is 16.0 Å². The minimum absolute atomic E-state index is 0.149. The van der Waals surface area contributed by atoms with E-state index in [1.54, 1.807) is 44.4 Å². The molecule has 1 atom stereocenters. The number of amides is 1. The first-order valence-electron chi connectivity index (χ1n) is 9.12. The summed E-state index contributed by atoms with van der Waals surface area (Å²) >= 11 is 3.39. The van der Waals surface area contributed by atoms with Gasteiger partial charge >= 0.3 is 0 Å². The molecule has 0 aliphatic carbocycles. The van der Waals surface area contributed by atoms with Crippen LogP contribution in [0, 0.1) is 0 Å². The molecule has 158 valence electrons. The number of ether oxygens (including phenoxy) is 2. The maximum absolute atomic E-state index is 12.5. The minimum atomic E-state index is -3.58. The molecule has 1 amide bonds. The van der Waals surface area contributed by atoms with E-state index < -0.39 is 10.0 Å². The molecule has 2 aromatic rings. The zero-order valence-electron chi connectivity index (χ0n) is 16.6. The van der Waals surface area contributed by atoms with Crippen LogP contribution in [0.5, 0.6) is 5.75 Å². The summed E-state index contributed by atoms with van der Waals surface area (Å²) in [6.07, 6.45) is 0.694. The summed E-state index contributed by atoms with van der Waals surface area (Å²) in [6, 6.07) is 10.9. The van der Waals surface area contributed by atoms with Crippen molar-refractivity contribution in [1.29, 1.82) is 0 Å². The number of anilines is 1. The quantitative estimate of drug-likeness (QED) is 0.500. The summed E-state index contributed by atoms with van der Waals surface area (Å²) in [4.78, 5) is 12.6. The van der Waals surface area contributed by atoms with E-state index >= 15 is 0 Å². The molecule has 0 aliphatic heterocycles. The number of carbonyl (C=O) groups excluding carboxylic acids is 1. The van der Waals surface area contributed by atoms with Gasteiger partial charge in [-0.3, -0.25) is 4.79 Å². The predicted molar refractivity (Wildman–Crippen MR) is 116 cm³/mol. The average Bonchev–Trinajstić information content (AvgIpc) is 2.69. The molecule has 2 N–H and O–H groups in total. The van der Waals surface area contributed by atoms with E-state index in [1.165, 1.54) is 12.1 Å². The topological polar surface area (TPSA) is 93.7 Å². The van der Waals surface area contributed by atoms with Crippen LogP contribution in [-0.4, -0.2) is 40.7 Å². The number of methoxy groups -OCH3 is 1. The summed E-state index contributed by atoms with van der Waals surface area (Å²) in [6.45, 7) is 4.58. The van der Waals surface area contributed by atoms with Gasteiger partial charge in [0.15, 0.2) is 0 Å². The Morgan fingerprint density at radius 1 is 1.14 bits per heavy atom. The summed E-state index contributed by atoms with van der Waals surface area (Å²) in [5.74, 6) is 0.296. The largest absolute Gasteiger partial charge is 0.490 e. The third kappa shape index (κ3) is 6.81. The first-order valence-corrected chi connectivity index (χ1v) is 11.4. The number of carbonyl (C=O) groups is 1. The molecule has 0 radical (unpaired) electrons. The molecule has 7 nitrogen and oxygen atoms in total. The third-order valence-electron chi connectivity index (χ3n) is 4.13. The molecular formula is C20H25BrN2O5S. The molecule has 0 saturated carbocycles. The molecule has 1 unspecified atom stereocenters. The van der Waals surface area contributed by atoms with Crippen LogP contribution in [0.2, 0.25) is 0 Å². The van der Waals surface area contributed by atoms with Crippen LogP contribution in [0.1, 0.15) is 30.6 Å². The smallest absolute Gasteiger partial charge is 0.255 e. The lowest BCUT2D eigenvalue weighted by atomic mass is 10.2. The molecule has 0 aromatic heterocycles. The van der Waals surface area contributed by atoms with Crippen LogP contribution >= 0.6 is 15.9 Å². The highest BCUT2D eigenvalue weighted by molar-refractivity contribution is 9.10. The van der Waals surface area contributed by atoms with Gasteiger partial charge in [-0.05, 0) is 71.7 Å². The number of hydrogen-bond donors (Lipinski definition) is 2. The molecule has 0 fully saturated rings. The maximum atomic E-state index is 12.5. The van der Waals surface area contributed by atoms with Crippen LogP contribution in [0.4, 0.5) is 5.69 Å². The lowest BCUT2D eigenvalue weighted by Gasteiger charge is -2.13. The van der Waals surface area contributed by atoms with Crippen molar-refractivity contribution in [2.24, 2.45) is 0 Å². The molecule has 0 aliphatic rings. The Morgan fingerprint density at radius 3 is 2.41 bits per heavy atom. The second-order valence-electron chi connectivity index (χ2n) is 6.40. The van der Waals surface area contributed by atoms with Crippen molar-refractivity contribution >= 4 is 37.5 Å². The van der Waals surface area contributed by atoms with Gasteiger partial charge < -0.3 is 14.8 Å². The Kier molecular flexibility index (Phi) is 8.63. The molecule has 0 bridgehead atoms. The van der Waals surface area contributed by atoms with E-state index in [0.29, 0.717) is 41.1 Å². The van der Waals surface area contributed by atoms with E-state index in [0.717, 1.165) is 0 Å². The zero-order valence-corrected chi connectivity index (χ0v) is 19.0. The molecule has 9 heteroatoms. The maximum Gasteiger partial charge on any atom is 0.255 e. The van der Waals surface area contributed by atoms with Gasteiger partial charge in [0, 0.05) is 24.4 Å². The van der Waals surface area contributed by atoms with Gasteiger partial charge in [0.1, 0.15) is 12.4 Å². The molecule has 0 spiro atoms. The third-order valence-corrected chi connectivity index (χ3v) is 6.36. The van der Waals surface area contributed by atoms with E-state index in [1.807, 2.05) is 6.92 Å². The summed E-state index contributed by atoms with van der Waals surface area (Å²) < 4.78 is 38.3. The fourth-order valence-corrected chi connectivity index (χ4v) is 4.15. The highest BCUT2D eigenvalue weighted by Gasteiger charge is 2.16. The molecule has 0 saturated heterocycles. The van der Waals surface area contributed by atoms with Crippen molar-refractivity contribution in [3.8, 4) is 5.75 Å². The number of halogens is 1. The highest BCUT2D eigenvalue weighted by Crippen LogP contribution is 2.26. The van der Waals surface area contributed by atoms with Crippen LogP contribution in [0.15, 0.2) is 51.8 Å². The standard InChI is InChI=1S/C20H25BrN2O5S/c1-4-14(2)23-29(25,26)17-8-6-16(7-9-17)22-20(24)15-5-10-19(18(21)13-15)28-12-11-27-3/h5-10,13-14,23H,4,11-12H2,1-3H3,(H,22,24). The van der Waals surface area contributed by atoms with Crippen LogP contribution in [-0.2, 0) is 14.8 Å². The summed E-state index contributed by atoms with van der Waals surface area (Å²) in [5.41, 5.74) is 0.931. The first kappa shape index (κ1) is 23.3. The lowest BCUT2D eigenvalue weighted by molar-refractivity contribution is 0.102. The summed E-state index contributed by atoms with van der Waals surface area (Å²) in [7, 11) is -1.99. The van der Waals surface area contributed by atoms with Crippen molar-refractivity contribution < 1.29 is 22.7 Å². The monoisotopic (exact) mass is 484 g/mol. The lowest BCUT2D eigenvalue weighted by Crippen LogP contribution is -2.31. The van der Waals surface area contributed by atoms with Crippen molar-refractivity contribution in [2.45, 2.75) is 31.2 Å². The number of hydrogen-bond acceptors (Lipinski definition) is 5. The van der Waals surface area contributed by atoms with Crippen molar-refractivity contribution in [3.63, 3.8) is 0 Å². The Bertz CT molecular complexity index is 932. The van der Waals surface area contributed by atoms with Gasteiger partial charge in [0.2, 0.25) is 10.0 Å². The van der Waals surface area contributed by atoms with Crippen molar-refractivity contribution in [3.05, 3.63) is 52.5 Å². The van der Waals surface area contributed by atoms with Gasteiger partial charge in [-0.25, -0.2) is 13.1 Å². The van der Waals surface area contributed by atoms with Crippen LogP contribution in [0.25, 0.3) is 0 Å². The Labute approximate surface area is 180 Å². The van der Waals surface area contributed by atoms with E-state index in [-0.39, 0.29) is 16.8 Å². The van der Waals surface area contributed by atoms with E-state index in [4.69, 9.17) is 9.47 Å². The molecule has 2 rings (SSSR count). The first-order chi connectivity index (χ1) is 13.8. The number of sulfonamides is 1. The summed E-state index contributed by atoms with van der Waals surface area (Å²) in [5, 5.41) is 2.75. The average molecular weight is 485 g/mol. The highest BCUT2D eigenvalue weighted by atomic mass is 79.9. The van der Waals surface area contributed by atoms with Crippen molar-refractivity contribution in [1.82, 2.24) is 4.72 Å². The van der Waals surface area contributed by atoms with Gasteiger partial charge in [-0.1, -0.05) is 6.92 Å². The fraction of sp³-hybridized carbons (Fsp3) is 0.350. The second-order valence-corrected chi connectivity index (χ2v) is 8.96. The molecule has 29 heavy (non-hydrogen) atoms. The fourth-order valence-electron chi connectivity index (χ4n) is 2.33. The predicted octanol–water partition coefficient (Wildman–Crippen LogP) is 3.80. The zero-order chi connectivity index (χ0) is 21.4. The Hall–Kier alpha value is -1.94. The molecule has 2 aromatic carbocycles. The van der Waals surface area contributed by atoms with E-state index in [2.05, 4.69) is 26.0 Å². The Balaban J connectivity index is 2.05. The van der Waals surface area contributed by atoms with Gasteiger partial charge in [0.25, 0.3) is 5.91 Å². The minimum Gasteiger partial charge on any atom is -0.490 e. The number of nitrogens with one attached hydrogen (secondary N) is 2. The van der Waals surface area contributed by atoms with Gasteiger partial charge in [-0.2, -0.15) is 0 Å². The van der Waals surface area contributed by atoms with Crippen LogP contribution in [0.3, 0.4) is 0 Å². The van der Waals surface area contributed by atoms with Crippen molar-refractivity contribution in [2.75, 3.05) is 25.6 Å². The van der Waals surface area contributed by atoms with E-state index in [9.17, 15) is 13.2 Å². The Morgan fingerprint density at radius 2 is 1.83 bits per heavy atom. The second kappa shape index (κ2) is 10.7. The van der Waals surface area contributed by atoms with Crippen LogP contribution < -0.4 is 14.8 Å². The molecule has 0 heterocycles. The normalized spacial score (nSPS) is 12.4. The SMILES string of the molecule is CCC(C)NS(=O)(=O)c1ccc(NC(=O)c2ccc(OCCOC)c(Br)c2)cc1.